The van der Waals surface area contributed by atoms with Gasteiger partial charge in [0.15, 0.2) is 0 Å². The van der Waals surface area contributed by atoms with Crippen LogP contribution in [0.1, 0.15) is 367 Å². The highest BCUT2D eigenvalue weighted by atomic mass is 16.5. The molecule has 412 valence electrons. The zero-order chi connectivity index (χ0) is 50.0. The van der Waals surface area contributed by atoms with Gasteiger partial charge in [0.25, 0.3) is 0 Å². The molecule has 0 radical (unpaired) electrons. The van der Waals surface area contributed by atoms with Crippen molar-refractivity contribution in [1.82, 2.24) is 5.32 Å². The van der Waals surface area contributed by atoms with E-state index in [9.17, 15) is 19.8 Å². The molecule has 0 saturated carbocycles. The molecule has 0 aliphatic heterocycles. The lowest BCUT2D eigenvalue weighted by Crippen LogP contribution is -2.45. The van der Waals surface area contributed by atoms with Crippen LogP contribution in [-0.4, -0.2) is 47.4 Å². The van der Waals surface area contributed by atoms with Gasteiger partial charge in [-0.15, -0.1) is 0 Å². The van der Waals surface area contributed by atoms with Crippen LogP contribution in [0, 0.1) is 0 Å². The van der Waals surface area contributed by atoms with Crippen LogP contribution in [0.4, 0.5) is 0 Å². The Balaban J connectivity index is 3.33. The minimum absolute atomic E-state index is 0.0186. The number of ether oxygens (including phenoxy) is 1. The molecule has 0 aromatic carbocycles. The molecule has 0 bridgehead atoms. The molecule has 0 saturated heterocycles. The minimum atomic E-state index is -0.660. The van der Waals surface area contributed by atoms with Crippen LogP contribution in [0.15, 0.2) is 0 Å². The van der Waals surface area contributed by atoms with Crippen molar-refractivity contribution in [2.75, 3.05) is 13.2 Å². The number of carbonyl (C=O) groups excluding carboxylic acids is 2. The van der Waals surface area contributed by atoms with E-state index in [0.717, 1.165) is 38.5 Å². The number of rotatable bonds is 60. The number of aliphatic hydroxyl groups excluding tert-OH is 2. The van der Waals surface area contributed by atoms with Crippen LogP contribution < -0.4 is 5.32 Å². The third-order valence-electron chi connectivity index (χ3n) is 15.2. The number of aliphatic hydroxyl groups is 2. The monoisotopic (exact) mass is 976 g/mol. The van der Waals surface area contributed by atoms with Gasteiger partial charge in [-0.1, -0.05) is 328 Å². The van der Waals surface area contributed by atoms with Crippen LogP contribution in [0.5, 0.6) is 0 Å². The van der Waals surface area contributed by atoms with Gasteiger partial charge < -0.3 is 20.3 Å². The topological polar surface area (TPSA) is 95.9 Å². The van der Waals surface area contributed by atoms with Crippen molar-refractivity contribution < 1.29 is 24.5 Å². The molecule has 2 atom stereocenters. The number of hydrogen-bond acceptors (Lipinski definition) is 5. The summed E-state index contributed by atoms with van der Waals surface area (Å²) in [6.45, 7) is 4.98. The molecule has 0 spiro atoms. The lowest BCUT2D eigenvalue weighted by molar-refractivity contribution is -0.143. The average Bonchev–Trinajstić information content (AvgIpc) is 3.35. The van der Waals surface area contributed by atoms with Crippen molar-refractivity contribution in [2.24, 2.45) is 0 Å². The number of carbonyl (C=O) groups is 2. The molecule has 0 aromatic heterocycles. The summed E-state index contributed by atoms with van der Waals surface area (Å²) in [5.74, 6) is -0.0108. The fourth-order valence-corrected chi connectivity index (χ4v) is 10.3. The normalized spacial score (nSPS) is 12.5. The van der Waals surface area contributed by atoms with E-state index >= 15 is 0 Å². The summed E-state index contributed by atoms with van der Waals surface area (Å²) in [6.07, 6.45) is 69.8. The Kier molecular flexibility index (Phi) is 58.4. The van der Waals surface area contributed by atoms with Crippen molar-refractivity contribution in [3.63, 3.8) is 0 Å². The average molecular weight is 977 g/mol. The Morgan fingerprint density at radius 2 is 0.594 bits per heavy atom. The number of esters is 1. The molecule has 3 N–H and O–H groups in total. The van der Waals surface area contributed by atoms with E-state index in [1.54, 1.807) is 0 Å². The summed E-state index contributed by atoms with van der Waals surface area (Å²) >= 11 is 0. The molecule has 0 fully saturated rings. The first kappa shape index (κ1) is 67.9. The lowest BCUT2D eigenvalue weighted by atomic mass is 10.0. The standard InChI is InChI=1S/C63H125NO5/c1-3-5-7-9-11-13-15-16-32-36-39-43-47-51-55-61(66)60(59-65)64-62(67)56-52-48-44-40-37-33-30-28-26-24-22-20-18-17-19-21-23-25-27-29-31-34-38-42-46-50-54-58-69-63(68)57-53-49-45-41-35-14-12-10-8-6-4-2/h60-61,65-66H,3-59H2,1-2H3,(H,64,67). The molecule has 0 aliphatic rings. The zero-order valence-electron chi connectivity index (χ0n) is 47.1. The van der Waals surface area contributed by atoms with Crippen LogP contribution in [-0.2, 0) is 14.3 Å². The SMILES string of the molecule is CCCCCCCCCCCCCCCCC(O)C(CO)NC(=O)CCCCCCCCCCCCCCCCCCCCCCCCCCCCCOC(=O)CCCCCCCCCCCCC. The van der Waals surface area contributed by atoms with Crippen LogP contribution in [0.2, 0.25) is 0 Å². The Hall–Kier alpha value is -1.14. The number of nitrogens with one attached hydrogen (secondary N) is 1. The number of unbranched alkanes of at least 4 members (excludes halogenated alkanes) is 49. The van der Waals surface area contributed by atoms with Gasteiger partial charge >= 0.3 is 5.97 Å². The van der Waals surface area contributed by atoms with Crippen molar-refractivity contribution >= 4 is 11.9 Å². The number of hydrogen-bond donors (Lipinski definition) is 3. The first-order valence-electron chi connectivity index (χ1n) is 31.8. The van der Waals surface area contributed by atoms with Crippen LogP contribution in [0.25, 0.3) is 0 Å². The maximum absolute atomic E-state index is 12.5. The molecule has 0 aliphatic carbocycles. The fraction of sp³-hybridized carbons (Fsp3) is 0.968. The van der Waals surface area contributed by atoms with Crippen molar-refractivity contribution in [1.29, 1.82) is 0 Å². The first-order valence-corrected chi connectivity index (χ1v) is 31.8. The zero-order valence-corrected chi connectivity index (χ0v) is 47.1. The van der Waals surface area contributed by atoms with Gasteiger partial charge in [-0.2, -0.15) is 0 Å². The Labute approximate surface area is 432 Å². The van der Waals surface area contributed by atoms with E-state index in [1.807, 2.05) is 0 Å². The number of amides is 1. The summed E-state index contributed by atoms with van der Waals surface area (Å²) in [7, 11) is 0. The summed E-state index contributed by atoms with van der Waals surface area (Å²) < 4.78 is 5.47. The van der Waals surface area contributed by atoms with Crippen molar-refractivity contribution in [3.05, 3.63) is 0 Å². The highest BCUT2D eigenvalue weighted by Crippen LogP contribution is 2.19. The molecule has 0 rings (SSSR count). The minimum Gasteiger partial charge on any atom is -0.466 e. The predicted molar refractivity (Wildman–Crippen MR) is 301 cm³/mol. The third-order valence-corrected chi connectivity index (χ3v) is 15.2. The van der Waals surface area contributed by atoms with Crippen molar-refractivity contribution in [2.45, 2.75) is 379 Å². The summed E-state index contributed by atoms with van der Waals surface area (Å²) in [5, 5.41) is 23.3. The maximum atomic E-state index is 12.5. The van der Waals surface area contributed by atoms with E-state index in [-0.39, 0.29) is 18.5 Å². The van der Waals surface area contributed by atoms with Gasteiger partial charge in [0.1, 0.15) is 0 Å². The molecule has 69 heavy (non-hydrogen) atoms. The summed E-state index contributed by atoms with van der Waals surface area (Å²) in [6, 6.07) is -0.537. The van der Waals surface area contributed by atoms with Gasteiger partial charge in [0.05, 0.1) is 25.4 Å². The lowest BCUT2D eigenvalue weighted by Gasteiger charge is -2.22. The van der Waals surface area contributed by atoms with E-state index in [0.29, 0.717) is 25.9 Å². The molecule has 2 unspecified atom stereocenters. The van der Waals surface area contributed by atoms with E-state index in [4.69, 9.17) is 4.74 Å². The summed E-state index contributed by atoms with van der Waals surface area (Å²) in [4.78, 5) is 24.5. The second kappa shape index (κ2) is 59.4. The molecule has 6 heteroatoms. The predicted octanol–water partition coefficient (Wildman–Crippen LogP) is 19.9. The van der Waals surface area contributed by atoms with Crippen LogP contribution >= 0.6 is 0 Å². The molecule has 0 heterocycles. The van der Waals surface area contributed by atoms with Gasteiger partial charge in [0.2, 0.25) is 5.91 Å². The van der Waals surface area contributed by atoms with Gasteiger partial charge in [-0.3, -0.25) is 9.59 Å². The van der Waals surface area contributed by atoms with Crippen LogP contribution in [0.3, 0.4) is 0 Å². The fourth-order valence-electron chi connectivity index (χ4n) is 10.3. The quantitative estimate of drug-likeness (QED) is 0.0417. The molecular formula is C63H125NO5. The molecule has 6 nitrogen and oxygen atoms in total. The van der Waals surface area contributed by atoms with Gasteiger partial charge in [-0.05, 0) is 25.7 Å². The van der Waals surface area contributed by atoms with Gasteiger partial charge in [0, 0.05) is 12.8 Å². The Morgan fingerprint density at radius 3 is 0.884 bits per heavy atom. The van der Waals surface area contributed by atoms with E-state index < -0.39 is 12.1 Å². The second-order valence-corrected chi connectivity index (χ2v) is 22.1. The second-order valence-electron chi connectivity index (χ2n) is 22.1. The van der Waals surface area contributed by atoms with E-state index in [2.05, 4.69) is 19.2 Å². The highest BCUT2D eigenvalue weighted by molar-refractivity contribution is 5.76. The maximum Gasteiger partial charge on any atom is 0.305 e. The summed E-state index contributed by atoms with van der Waals surface area (Å²) in [5.41, 5.74) is 0. The Morgan fingerprint density at radius 1 is 0.348 bits per heavy atom. The Bertz CT molecular complexity index is 990. The third kappa shape index (κ3) is 56.0. The molecule has 1 amide bonds. The molecular weight excluding hydrogens is 851 g/mol. The molecule has 0 aromatic rings. The smallest absolute Gasteiger partial charge is 0.305 e. The van der Waals surface area contributed by atoms with E-state index in [1.165, 1.54) is 295 Å². The first-order chi connectivity index (χ1) is 34.0. The highest BCUT2D eigenvalue weighted by Gasteiger charge is 2.20. The largest absolute Gasteiger partial charge is 0.466 e. The van der Waals surface area contributed by atoms with Crippen molar-refractivity contribution in [3.8, 4) is 0 Å². The van der Waals surface area contributed by atoms with Gasteiger partial charge in [-0.25, -0.2) is 0 Å².